The van der Waals surface area contributed by atoms with E-state index >= 15 is 0 Å². The van der Waals surface area contributed by atoms with Crippen LogP contribution in [0.15, 0.2) is 18.3 Å². The highest BCUT2D eigenvalue weighted by Gasteiger charge is 2.05. The van der Waals surface area contributed by atoms with Gasteiger partial charge in [-0.2, -0.15) is 0 Å². The predicted molar refractivity (Wildman–Crippen MR) is 57.0 cm³/mol. The predicted octanol–water partition coefficient (Wildman–Crippen LogP) is 1.03. The lowest BCUT2D eigenvalue weighted by molar-refractivity contribution is 0.0429. The van der Waals surface area contributed by atoms with Crippen LogP contribution in [0.2, 0.25) is 0 Å². The molecule has 0 saturated heterocycles. The molecule has 1 heterocycles. The van der Waals surface area contributed by atoms with Crippen LogP contribution in [0.1, 0.15) is 12.5 Å². The Morgan fingerprint density at radius 2 is 2.27 bits per heavy atom. The van der Waals surface area contributed by atoms with Crippen LogP contribution in [0, 0.1) is 0 Å². The molecule has 1 aromatic rings. The smallest absolute Gasteiger partial charge is 0.212 e. The van der Waals surface area contributed by atoms with Crippen molar-refractivity contribution >= 4 is 0 Å². The molecule has 1 aromatic heterocycles. The maximum atomic E-state index is 9.58. The molecular weight excluding hydrogens is 194 g/mol. The first-order valence-corrected chi connectivity index (χ1v) is 5.01. The second kappa shape index (κ2) is 6.37. The summed E-state index contributed by atoms with van der Waals surface area (Å²) >= 11 is 0. The van der Waals surface area contributed by atoms with Gasteiger partial charge in [0.15, 0.2) is 0 Å². The van der Waals surface area contributed by atoms with E-state index < -0.39 is 6.10 Å². The Balaban J connectivity index is 2.42. The fourth-order valence-corrected chi connectivity index (χ4v) is 1.24. The first-order chi connectivity index (χ1) is 7.26. The topological polar surface area (TPSA) is 51.6 Å². The number of hydrogen-bond donors (Lipinski definition) is 1. The van der Waals surface area contributed by atoms with Crippen LogP contribution in [0.4, 0.5) is 0 Å². The van der Waals surface area contributed by atoms with Crippen LogP contribution >= 0.6 is 0 Å². The summed E-state index contributed by atoms with van der Waals surface area (Å²) in [5, 5.41) is 9.58. The zero-order chi connectivity index (χ0) is 11.1. The minimum atomic E-state index is -0.472. The molecule has 0 spiro atoms. The highest BCUT2D eigenvalue weighted by atomic mass is 16.5. The molecule has 0 bridgehead atoms. The standard InChI is InChI=1S/C11H17NO3/c1-3-15-8-10(13)6-9-4-5-11(14-2)12-7-9/h4-5,7,10,13H,3,6,8H2,1-2H3. The third-order valence-electron chi connectivity index (χ3n) is 1.99. The Kier molecular flexibility index (Phi) is 5.07. The van der Waals surface area contributed by atoms with Crippen LogP contribution in [-0.2, 0) is 11.2 Å². The average Bonchev–Trinajstić information content (AvgIpc) is 2.27. The molecule has 0 radical (unpaired) electrons. The summed E-state index contributed by atoms with van der Waals surface area (Å²) in [6.45, 7) is 2.89. The van der Waals surface area contributed by atoms with Crippen molar-refractivity contribution in [3.05, 3.63) is 23.9 Å². The molecule has 0 aliphatic heterocycles. The van der Waals surface area contributed by atoms with Gasteiger partial charge in [-0.05, 0) is 12.5 Å². The highest BCUT2D eigenvalue weighted by molar-refractivity contribution is 5.18. The lowest BCUT2D eigenvalue weighted by Crippen LogP contribution is -2.18. The maximum absolute atomic E-state index is 9.58. The summed E-state index contributed by atoms with van der Waals surface area (Å²) in [5.41, 5.74) is 0.975. The molecule has 84 valence electrons. The minimum Gasteiger partial charge on any atom is -0.481 e. The van der Waals surface area contributed by atoms with Gasteiger partial charge in [-0.3, -0.25) is 0 Å². The Labute approximate surface area is 89.9 Å². The number of rotatable bonds is 6. The normalized spacial score (nSPS) is 12.5. The van der Waals surface area contributed by atoms with Gasteiger partial charge in [0.1, 0.15) is 0 Å². The van der Waals surface area contributed by atoms with Gasteiger partial charge in [-0.25, -0.2) is 4.98 Å². The van der Waals surface area contributed by atoms with Gasteiger partial charge < -0.3 is 14.6 Å². The highest BCUT2D eigenvalue weighted by Crippen LogP contribution is 2.08. The Hall–Kier alpha value is -1.13. The monoisotopic (exact) mass is 211 g/mol. The number of methoxy groups -OCH3 is 1. The van der Waals surface area contributed by atoms with E-state index in [1.54, 1.807) is 19.4 Å². The van der Waals surface area contributed by atoms with Crippen molar-refractivity contribution in [1.29, 1.82) is 0 Å². The summed E-state index contributed by atoms with van der Waals surface area (Å²) in [4.78, 5) is 4.06. The number of nitrogens with zero attached hydrogens (tertiary/aromatic N) is 1. The van der Waals surface area contributed by atoms with E-state index in [1.165, 1.54) is 0 Å². The molecule has 0 fully saturated rings. The molecule has 0 aliphatic rings. The minimum absolute atomic E-state index is 0.364. The van der Waals surface area contributed by atoms with Gasteiger partial charge in [0, 0.05) is 25.3 Å². The average molecular weight is 211 g/mol. The van der Waals surface area contributed by atoms with Gasteiger partial charge in [0.25, 0.3) is 0 Å². The fourth-order valence-electron chi connectivity index (χ4n) is 1.24. The van der Waals surface area contributed by atoms with Gasteiger partial charge in [0.05, 0.1) is 19.8 Å². The summed E-state index contributed by atoms with van der Waals surface area (Å²) in [6.07, 6.45) is 1.78. The van der Waals surface area contributed by atoms with Gasteiger partial charge in [0.2, 0.25) is 5.88 Å². The third-order valence-corrected chi connectivity index (χ3v) is 1.99. The van der Waals surface area contributed by atoms with E-state index in [4.69, 9.17) is 9.47 Å². The maximum Gasteiger partial charge on any atom is 0.212 e. The lowest BCUT2D eigenvalue weighted by atomic mass is 10.1. The largest absolute Gasteiger partial charge is 0.481 e. The number of aliphatic hydroxyl groups excluding tert-OH is 1. The number of aliphatic hydroxyl groups is 1. The molecule has 0 saturated carbocycles. The Bertz CT molecular complexity index is 274. The van der Waals surface area contributed by atoms with Crippen LogP contribution in [0.3, 0.4) is 0 Å². The molecule has 15 heavy (non-hydrogen) atoms. The van der Waals surface area contributed by atoms with Crippen LogP contribution in [-0.4, -0.2) is 36.5 Å². The van der Waals surface area contributed by atoms with Crippen molar-refractivity contribution in [2.24, 2.45) is 0 Å². The van der Waals surface area contributed by atoms with E-state index in [2.05, 4.69) is 4.98 Å². The molecule has 0 amide bonds. The van der Waals surface area contributed by atoms with Crippen molar-refractivity contribution in [1.82, 2.24) is 4.98 Å². The first-order valence-electron chi connectivity index (χ1n) is 5.01. The van der Waals surface area contributed by atoms with E-state index in [0.29, 0.717) is 25.5 Å². The van der Waals surface area contributed by atoms with Crippen molar-refractivity contribution < 1.29 is 14.6 Å². The molecule has 1 N–H and O–H groups in total. The Morgan fingerprint density at radius 3 is 2.80 bits per heavy atom. The fraction of sp³-hybridized carbons (Fsp3) is 0.545. The lowest BCUT2D eigenvalue weighted by Gasteiger charge is -2.10. The van der Waals surface area contributed by atoms with E-state index in [1.807, 2.05) is 13.0 Å². The van der Waals surface area contributed by atoms with Crippen LogP contribution in [0.5, 0.6) is 5.88 Å². The Morgan fingerprint density at radius 1 is 1.47 bits per heavy atom. The van der Waals surface area contributed by atoms with Gasteiger partial charge in [-0.1, -0.05) is 6.07 Å². The number of ether oxygens (including phenoxy) is 2. The molecule has 1 unspecified atom stereocenters. The van der Waals surface area contributed by atoms with Crippen LogP contribution in [0.25, 0.3) is 0 Å². The second-order valence-electron chi connectivity index (χ2n) is 3.23. The van der Waals surface area contributed by atoms with Gasteiger partial charge >= 0.3 is 0 Å². The molecule has 1 atom stereocenters. The quantitative estimate of drug-likeness (QED) is 0.763. The van der Waals surface area contributed by atoms with Crippen LogP contribution < -0.4 is 4.74 Å². The number of aromatic nitrogens is 1. The molecule has 1 rings (SSSR count). The molecular formula is C11H17NO3. The SMILES string of the molecule is CCOCC(O)Cc1ccc(OC)nc1. The number of pyridine rings is 1. The summed E-state index contributed by atoms with van der Waals surface area (Å²) < 4.78 is 10.1. The van der Waals surface area contributed by atoms with E-state index in [9.17, 15) is 5.11 Å². The zero-order valence-corrected chi connectivity index (χ0v) is 9.14. The molecule has 0 aromatic carbocycles. The summed E-state index contributed by atoms with van der Waals surface area (Å²) in [5.74, 6) is 0.582. The molecule has 4 nitrogen and oxygen atoms in total. The van der Waals surface area contributed by atoms with Crippen molar-refractivity contribution in [2.45, 2.75) is 19.4 Å². The molecule has 0 aliphatic carbocycles. The van der Waals surface area contributed by atoms with Gasteiger partial charge in [-0.15, -0.1) is 0 Å². The summed E-state index contributed by atoms with van der Waals surface area (Å²) in [6, 6.07) is 3.67. The zero-order valence-electron chi connectivity index (χ0n) is 9.14. The van der Waals surface area contributed by atoms with E-state index in [0.717, 1.165) is 5.56 Å². The first kappa shape index (κ1) is 11.9. The number of hydrogen-bond acceptors (Lipinski definition) is 4. The third kappa shape index (κ3) is 4.27. The molecule has 4 heteroatoms. The van der Waals surface area contributed by atoms with E-state index in [-0.39, 0.29) is 0 Å². The van der Waals surface area contributed by atoms with Crippen molar-refractivity contribution in [3.63, 3.8) is 0 Å². The van der Waals surface area contributed by atoms with Crippen molar-refractivity contribution in [2.75, 3.05) is 20.3 Å². The van der Waals surface area contributed by atoms with Crippen molar-refractivity contribution in [3.8, 4) is 5.88 Å². The second-order valence-corrected chi connectivity index (χ2v) is 3.23. The summed E-state index contributed by atoms with van der Waals surface area (Å²) in [7, 11) is 1.58.